The van der Waals surface area contributed by atoms with Gasteiger partial charge in [-0.2, -0.15) is 0 Å². The van der Waals surface area contributed by atoms with Gasteiger partial charge in [0.1, 0.15) is 5.75 Å². The lowest BCUT2D eigenvalue weighted by atomic mass is 10.2. The summed E-state index contributed by atoms with van der Waals surface area (Å²) in [7, 11) is 0. The summed E-state index contributed by atoms with van der Waals surface area (Å²) in [5.74, 6) is 0.896. The molecule has 0 saturated heterocycles. The predicted molar refractivity (Wildman–Crippen MR) is 90.5 cm³/mol. The molecule has 22 heavy (non-hydrogen) atoms. The van der Waals surface area contributed by atoms with Gasteiger partial charge in [-0.1, -0.05) is 24.3 Å². The monoisotopic (exact) mass is 297 g/mol. The van der Waals surface area contributed by atoms with Crippen LogP contribution in [0, 0.1) is 13.8 Å². The number of carbonyl (C=O) groups excluding carboxylic acids is 1. The normalized spacial score (nSPS) is 10.3. The van der Waals surface area contributed by atoms with Crippen LogP contribution in [-0.4, -0.2) is 19.1 Å². The Kier molecular flexibility index (Phi) is 5.59. The number of ether oxygens (including phenoxy) is 1. The lowest BCUT2D eigenvalue weighted by molar-refractivity contribution is -0.119. The van der Waals surface area contributed by atoms with E-state index in [1.54, 1.807) is 4.90 Å². The molecule has 3 nitrogen and oxygen atoms in total. The lowest BCUT2D eigenvalue weighted by Crippen LogP contribution is -2.31. The fourth-order valence-corrected chi connectivity index (χ4v) is 2.40. The van der Waals surface area contributed by atoms with E-state index in [2.05, 4.69) is 0 Å². The van der Waals surface area contributed by atoms with E-state index in [1.165, 1.54) is 0 Å². The standard InChI is InChI=1S/C19H23NO2/c1-4-20(17-9-5-7-15(2)13-17)19(21)11-12-22-18-10-6-8-16(3)14-18/h5-10,13-14H,4,11-12H2,1-3H3. The Morgan fingerprint density at radius 3 is 2.36 bits per heavy atom. The van der Waals surface area contributed by atoms with Crippen LogP contribution in [0.3, 0.4) is 0 Å². The Labute approximate surface area is 132 Å². The van der Waals surface area contributed by atoms with E-state index in [-0.39, 0.29) is 5.91 Å². The second kappa shape index (κ2) is 7.64. The smallest absolute Gasteiger partial charge is 0.230 e. The molecule has 0 unspecified atom stereocenters. The molecule has 116 valence electrons. The highest BCUT2D eigenvalue weighted by Gasteiger charge is 2.13. The summed E-state index contributed by atoms with van der Waals surface area (Å²) in [5, 5.41) is 0. The van der Waals surface area contributed by atoms with Gasteiger partial charge in [-0.15, -0.1) is 0 Å². The van der Waals surface area contributed by atoms with Gasteiger partial charge in [0.05, 0.1) is 13.0 Å². The molecule has 0 radical (unpaired) electrons. The minimum atomic E-state index is 0.0840. The highest BCUT2D eigenvalue weighted by atomic mass is 16.5. The van der Waals surface area contributed by atoms with Gasteiger partial charge < -0.3 is 9.64 Å². The van der Waals surface area contributed by atoms with Crippen LogP contribution in [0.2, 0.25) is 0 Å². The molecule has 2 aromatic rings. The summed E-state index contributed by atoms with van der Waals surface area (Å²) in [6.45, 7) is 7.09. The van der Waals surface area contributed by atoms with Crippen LogP contribution in [0.5, 0.6) is 5.75 Å². The number of hydrogen-bond donors (Lipinski definition) is 0. The van der Waals surface area contributed by atoms with E-state index >= 15 is 0 Å². The minimum absolute atomic E-state index is 0.0840. The van der Waals surface area contributed by atoms with Crippen molar-refractivity contribution >= 4 is 11.6 Å². The molecule has 0 aliphatic heterocycles. The Bertz CT molecular complexity index is 637. The van der Waals surface area contributed by atoms with Crippen molar-refractivity contribution in [1.29, 1.82) is 0 Å². The highest BCUT2D eigenvalue weighted by molar-refractivity contribution is 5.93. The van der Waals surface area contributed by atoms with Crippen LogP contribution in [0.4, 0.5) is 5.69 Å². The fourth-order valence-electron chi connectivity index (χ4n) is 2.40. The Morgan fingerprint density at radius 2 is 1.73 bits per heavy atom. The van der Waals surface area contributed by atoms with Crippen molar-refractivity contribution in [3.63, 3.8) is 0 Å². The van der Waals surface area contributed by atoms with E-state index < -0.39 is 0 Å². The second-order valence-electron chi connectivity index (χ2n) is 5.39. The zero-order valence-corrected chi connectivity index (χ0v) is 13.5. The molecule has 0 spiro atoms. The van der Waals surface area contributed by atoms with Gasteiger partial charge in [0.25, 0.3) is 0 Å². The minimum Gasteiger partial charge on any atom is -0.493 e. The largest absolute Gasteiger partial charge is 0.493 e. The quantitative estimate of drug-likeness (QED) is 0.802. The number of hydrogen-bond acceptors (Lipinski definition) is 2. The molecule has 0 atom stereocenters. The van der Waals surface area contributed by atoms with E-state index in [4.69, 9.17) is 4.74 Å². The summed E-state index contributed by atoms with van der Waals surface area (Å²) in [6, 6.07) is 15.9. The van der Waals surface area contributed by atoms with Gasteiger partial charge in [-0.3, -0.25) is 4.79 Å². The van der Waals surface area contributed by atoms with Gasteiger partial charge in [0.15, 0.2) is 0 Å². The highest BCUT2D eigenvalue weighted by Crippen LogP contribution is 2.17. The number of rotatable bonds is 6. The van der Waals surface area contributed by atoms with Gasteiger partial charge in [0, 0.05) is 12.2 Å². The Hall–Kier alpha value is -2.29. The average Bonchev–Trinajstić information content (AvgIpc) is 2.48. The van der Waals surface area contributed by atoms with Crippen molar-refractivity contribution in [3.05, 3.63) is 59.7 Å². The number of benzene rings is 2. The van der Waals surface area contributed by atoms with Gasteiger partial charge in [-0.05, 0) is 56.2 Å². The van der Waals surface area contributed by atoms with Crippen molar-refractivity contribution < 1.29 is 9.53 Å². The van der Waals surface area contributed by atoms with E-state index in [9.17, 15) is 4.79 Å². The summed E-state index contributed by atoms with van der Waals surface area (Å²) in [4.78, 5) is 14.2. The van der Waals surface area contributed by atoms with Gasteiger partial charge in [0.2, 0.25) is 5.91 Å². The summed E-state index contributed by atoms with van der Waals surface area (Å²) in [6.07, 6.45) is 0.371. The van der Waals surface area contributed by atoms with Crippen molar-refractivity contribution in [2.75, 3.05) is 18.1 Å². The Morgan fingerprint density at radius 1 is 1.05 bits per heavy atom. The van der Waals surface area contributed by atoms with Crippen LogP contribution < -0.4 is 9.64 Å². The number of anilines is 1. The average molecular weight is 297 g/mol. The third kappa shape index (κ3) is 4.35. The molecule has 0 saturated carbocycles. The molecule has 2 rings (SSSR count). The second-order valence-corrected chi connectivity index (χ2v) is 5.39. The molecule has 3 heteroatoms. The van der Waals surface area contributed by atoms with Gasteiger partial charge in [-0.25, -0.2) is 0 Å². The van der Waals surface area contributed by atoms with E-state index in [0.717, 1.165) is 22.6 Å². The third-order valence-corrected chi connectivity index (χ3v) is 3.50. The topological polar surface area (TPSA) is 29.5 Å². The molecule has 0 bridgehead atoms. The van der Waals surface area contributed by atoms with Crippen LogP contribution in [0.15, 0.2) is 48.5 Å². The number of aryl methyl sites for hydroxylation is 2. The number of amides is 1. The van der Waals surface area contributed by atoms with Crippen LogP contribution in [0.1, 0.15) is 24.5 Å². The van der Waals surface area contributed by atoms with Crippen molar-refractivity contribution in [2.45, 2.75) is 27.2 Å². The Balaban J connectivity index is 1.92. The van der Waals surface area contributed by atoms with E-state index in [0.29, 0.717) is 19.6 Å². The van der Waals surface area contributed by atoms with Crippen LogP contribution >= 0.6 is 0 Å². The summed E-state index contributed by atoms with van der Waals surface area (Å²) >= 11 is 0. The molecule has 2 aromatic carbocycles. The van der Waals surface area contributed by atoms with Crippen LogP contribution in [-0.2, 0) is 4.79 Å². The summed E-state index contributed by atoms with van der Waals surface area (Å²) in [5.41, 5.74) is 3.25. The zero-order valence-electron chi connectivity index (χ0n) is 13.5. The number of nitrogens with zero attached hydrogens (tertiary/aromatic N) is 1. The van der Waals surface area contributed by atoms with Crippen molar-refractivity contribution in [1.82, 2.24) is 0 Å². The maximum atomic E-state index is 12.4. The molecule has 1 amide bonds. The van der Waals surface area contributed by atoms with Gasteiger partial charge >= 0.3 is 0 Å². The molecule has 0 aromatic heterocycles. The molecule has 0 aliphatic rings. The van der Waals surface area contributed by atoms with Crippen molar-refractivity contribution in [3.8, 4) is 5.75 Å². The first-order valence-electron chi connectivity index (χ1n) is 7.66. The molecule has 0 heterocycles. The predicted octanol–water partition coefficient (Wildman–Crippen LogP) is 4.13. The maximum Gasteiger partial charge on any atom is 0.230 e. The first kappa shape index (κ1) is 16.1. The molecular weight excluding hydrogens is 274 g/mol. The molecular formula is C19H23NO2. The first-order valence-corrected chi connectivity index (χ1v) is 7.66. The van der Waals surface area contributed by atoms with Crippen LogP contribution in [0.25, 0.3) is 0 Å². The molecule has 0 N–H and O–H groups in total. The lowest BCUT2D eigenvalue weighted by Gasteiger charge is -2.21. The summed E-state index contributed by atoms with van der Waals surface area (Å²) < 4.78 is 5.66. The zero-order chi connectivity index (χ0) is 15.9. The number of carbonyl (C=O) groups is 1. The third-order valence-electron chi connectivity index (χ3n) is 3.50. The first-order chi connectivity index (χ1) is 10.6. The van der Waals surface area contributed by atoms with E-state index in [1.807, 2.05) is 69.3 Å². The molecule has 0 fully saturated rings. The fraction of sp³-hybridized carbons (Fsp3) is 0.316. The SMILES string of the molecule is CCN(C(=O)CCOc1cccc(C)c1)c1cccc(C)c1. The molecule has 0 aliphatic carbocycles. The maximum absolute atomic E-state index is 12.4. The van der Waals surface area contributed by atoms with Crippen molar-refractivity contribution in [2.24, 2.45) is 0 Å².